The summed E-state index contributed by atoms with van der Waals surface area (Å²) >= 11 is 1.35. The summed E-state index contributed by atoms with van der Waals surface area (Å²) in [7, 11) is 1.30. The van der Waals surface area contributed by atoms with E-state index in [4.69, 9.17) is 4.74 Å². The molecule has 0 saturated carbocycles. The summed E-state index contributed by atoms with van der Waals surface area (Å²) in [6, 6.07) is 4.99. The number of nitrogens with one attached hydrogen (secondary N) is 1. The minimum absolute atomic E-state index is 0.182. The van der Waals surface area contributed by atoms with Crippen LogP contribution in [0.2, 0.25) is 0 Å². The number of carbonyl (C=O) groups excluding carboxylic acids is 2. The molecule has 0 fully saturated rings. The van der Waals surface area contributed by atoms with Crippen LogP contribution >= 0.6 is 11.3 Å². The number of fused-ring (bicyclic) bond motifs is 1. The molecule has 0 spiro atoms. The van der Waals surface area contributed by atoms with E-state index in [0.29, 0.717) is 16.5 Å². The number of nitrogens with zero attached hydrogens (tertiary/aromatic N) is 4. The van der Waals surface area contributed by atoms with Gasteiger partial charge in [0.1, 0.15) is 22.0 Å². The highest BCUT2D eigenvalue weighted by molar-refractivity contribution is 7.15. The zero-order valence-electron chi connectivity index (χ0n) is 13.9. The summed E-state index contributed by atoms with van der Waals surface area (Å²) in [5.41, 5.74) is 0.958. The second-order valence-corrected chi connectivity index (χ2v) is 6.38. The van der Waals surface area contributed by atoms with Gasteiger partial charge < -0.3 is 4.74 Å². The van der Waals surface area contributed by atoms with Gasteiger partial charge in [-0.2, -0.15) is 0 Å². The smallest absolute Gasteiger partial charge is 0.355 e. The molecule has 3 heterocycles. The van der Waals surface area contributed by atoms with Crippen LogP contribution in [0, 0.1) is 0 Å². The maximum Gasteiger partial charge on any atom is 0.355 e. The average Bonchev–Trinajstić information content (AvgIpc) is 3.25. The topological polar surface area (TPSA) is 98.5 Å². The molecule has 0 atom stereocenters. The number of methoxy groups -OCH3 is 1. The molecule has 9 heteroatoms. The van der Waals surface area contributed by atoms with Gasteiger partial charge in [0, 0.05) is 12.6 Å². The van der Waals surface area contributed by atoms with Crippen LogP contribution in [-0.4, -0.2) is 38.6 Å². The van der Waals surface area contributed by atoms with Gasteiger partial charge >= 0.3 is 5.97 Å². The van der Waals surface area contributed by atoms with Crippen molar-refractivity contribution in [1.29, 1.82) is 0 Å². The Balaban J connectivity index is 1.80. The molecule has 0 aliphatic heterocycles. The Morgan fingerprint density at radius 1 is 1.32 bits per heavy atom. The molecule has 0 aliphatic rings. The predicted molar refractivity (Wildman–Crippen MR) is 93.0 cm³/mol. The Morgan fingerprint density at radius 2 is 2.16 bits per heavy atom. The number of anilines is 1. The van der Waals surface area contributed by atoms with Crippen LogP contribution in [0.1, 0.15) is 45.7 Å². The van der Waals surface area contributed by atoms with Crippen molar-refractivity contribution < 1.29 is 14.3 Å². The zero-order chi connectivity index (χ0) is 17.8. The number of rotatable bonds is 6. The fourth-order valence-electron chi connectivity index (χ4n) is 2.29. The molecule has 0 aliphatic carbocycles. The Labute approximate surface area is 147 Å². The van der Waals surface area contributed by atoms with E-state index < -0.39 is 11.9 Å². The summed E-state index contributed by atoms with van der Waals surface area (Å²) in [5, 5.41) is 12.0. The molecule has 0 aromatic carbocycles. The van der Waals surface area contributed by atoms with Crippen molar-refractivity contribution >= 4 is 34.0 Å². The molecule has 25 heavy (non-hydrogen) atoms. The lowest BCUT2D eigenvalue weighted by molar-refractivity contribution is 0.0592. The molecule has 0 unspecified atom stereocenters. The first kappa shape index (κ1) is 17.0. The fourth-order valence-corrected chi connectivity index (χ4v) is 3.06. The van der Waals surface area contributed by atoms with Gasteiger partial charge in [-0.1, -0.05) is 30.7 Å². The fraction of sp³-hybridized carbons (Fsp3) is 0.312. The number of unbranched alkanes of at least 4 members (excludes halogenated alkanes) is 1. The van der Waals surface area contributed by atoms with Gasteiger partial charge in [-0.3, -0.25) is 14.5 Å². The summed E-state index contributed by atoms with van der Waals surface area (Å²) in [4.78, 5) is 28.4. The van der Waals surface area contributed by atoms with Crippen molar-refractivity contribution in [3.63, 3.8) is 0 Å². The van der Waals surface area contributed by atoms with Gasteiger partial charge in [0.15, 0.2) is 0 Å². The summed E-state index contributed by atoms with van der Waals surface area (Å²) < 4.78 is 6.26. The second kappa shape index (κ2) is 7.39. The molecular weight excluding hydrogens is 342 g/mol. The number of ether oxygens (including phenoxy) is 1. The first-order chi connectivity index (χ1) is 12.1. The van der Waals surface area contributed by atoms with E-state index in [9.17, 15) is 9.59 Å². The van der Waals surface area contributed by atoms with E-state index in [-0.39, 0.29) is 5.69 Å². The molecule has 0 saturated heterocycles. The zero-order valence-corrected chi connectivity index (χ0v) is 14.7. The largest absolute Gasteiger partial charge is 0.464 e. The van der Waals surface area contributed by atoms with Gasteiger partial charge in [-0.05, 0) is 18.6 Å². The van der Waals surface area contributed by atoms with Crippen LogP contribution in [0.25, 0.3) is 5.65 Å². The summed E-state index contributed by atoms with van der Waals surface area (Å²) in [6.45, 7) is 2.11. The highest BCUT2D eigenvalue weighted by atomic mass is 32.1. The molecular formula is C16H17N5O3S. The van der Waals surface area contributed by atoms with Crippen molar-refractivity contribution in [2.24, 2.45) is 0 Å². The molecule has 3 aromatic rings. The van der Waals surface area contributed by atoms with Crippen molar-refractivity contribution in [1.82, 2.24) is 19.6 Å². The lowest BCUT2D eigenvalue weighted by Crippen LogP contribution is -2.12. The van der Waals surface area contributed by atoms with Crippen molar-refractivity contribution in [2.75, 3.05) is 12.4 Å². The van der Waals surface area contributed by atoms with E-state index in [1.165, 1.54) is 29.0 Å². The lowest BCUT2D eigenvalue weighted by Gasteiger charge is -2.01. The number of hydrogen-bond donors (Lipinski definition) is 1. The van der Waals surface area contributed by atoms with Gasteiger partial charge in [0.05, 0.1) is 7.11 Å². The molecule has 130 valence electrons. The normalized spacial score (nSPS) is 10.8. The molecule has 8 nitrogen and oxygen atoms in total. The predicted octanol–water partition coefficient (Wildman–Crippen LogP) is 2.57. The van der Waals surface area contributed by atoms with Gasteiger partial charge in [0.2, 0.25) is 5.13 Å². The average molecular weight is 359 g/mol. The number of carbonyl (C=O) groups is 2. The number of imidazole rings is 1. The number of hydrogen-bond acceptors (Lipinski definition) is 7. The standard InChI is InChI=1S/C16H17N5O3S/c1-3-4-8-13-19-20-16(25-13)18-14(22)10-9-21-11(15(23)24-2)6-5-7-12(21)17-10/h5-7,9H,3-4,8H2,1-2H3,(H,18,20,22). The van der Waals surface area contributed by atoms with E-state index >= 15 is 0 Å². The van der Waals surface area contributed by atoms with E-state index in [0.717, 1.165) is 24.3 Å². The third-order valence-electron chi connectivity index (χ3n) is 3.55. The third kappa shape index (κ3) is 3.66. The van der Waals surface area contributed by atoms with Crippen LogP contribution in [-0.2, 0) is 11.2 Å². The highest BCUT2D eigenvalue weighted by Gasteiger charge is 2.17. The van der Waals surface area contributed by atoms with Gasteiger partial charge in [-0.25, -0.2) is 9.78 Å². The van der Waals surface area contributed by atoms with Gasteiger partial charge in [0.25, 0.3) is 5.91 Å². The summed E-state index contributed by atoms with van der Waals surface area (Å²) in [5.74, 6) is -0.905. The van der Waals surface area contributed by atoms with Crippen LogP contribution in [0.5, 0.6) is 0 Å². The van der Waals surface area contributed by atoms with Crippen molar-refractivity contribution in [3.05, 3.63) is 40.8 Å². The Kier molecular flexibility index (Phi) is 5.03. The molecule has 3 rings (SSSR count). The van der Waals surface area contributed by atoms with Crippen LogP contribution < -0.4 is 5.32 Å². The monoisotopic (exact) mass is 359 g/mol. The maximum atomic E-state index is 12.4. The molecule has 0 radical (unpaired) electrons. The highest BCUT2D eigenvalue weighted by Crippen LogP contribution is 2.18. The first-order valence-electron chi connectivity index (χ1n) is 7.82. The Morgan fingerprint density at radius 3 is 2.92 bits per heavy atom. The van der Waals surface area contributed by atoms with Crippen LogP contribution in [0.3, 0.4) is 0 Å². The molecule has 0 bridgehead atoms. The minimum Gasteiger partial charge on any atom is -0.464 e. The lowest BCUT2D eigenvalue weighted by atomic mass is 10.3. The third-order valence-corrected chi connectivity index (χ3v) is 4.45. The van der Waals surface area contributed by atoms with E-state index in [1.54, 1.807) is 18.2 Å². The number of aryl methyl sites for hydroxylation is 1. The van der Waals surface area contributed by atoms with Gasteiger partial charge in [-0.15, -0.1) is 10.2 Å². The quantitative estimate of drug-likeness (QED) is 0.679. The maximum absolute atomic E-state index is 12.4. The van der Waals surface area contributed by atoms with Crippen molar-refractivity contribution in [2.45, 2.75) is 26.2 Å². The SMILES string of the molecule is CCCCc1nnc(NC(=O)c2cn3c(C(=O)OC)cccc3n2)s1. The number of aromatic nitrogens is 4. The first-order valence-corrected chi connectivity index (χ1v) is 8.64. The summed E-state index contributed by atoms with van der Waals surface area (Å²) in [6.07, 6.45) is 4.45. The molecule has 1 amide bonds. The second-order valence-electron chi connectivity index (χ2n) is 5.32. The van der Waals surface area contributed by atoms with Crippen molar-refractivity contribution in [3.8, 4) is 0 Å². The molecule has 3 aromatic heterocycles. The Bertz CT molecular complexity index is 918. The number of esters is 1. The minimum atomic E-state index is -0.500. The van der Waals surface area contributed by atoms with Crippen LogP contribution in [0.15, 0.2) is 24.4 Å². The number of pyridine rings is 1. The van der Waals surface area contributed by atoms with Crippen LogP contribution in [0.4, 0.5) is 5.13 Å². The van der Waals surface area contributed by atoms with E-state index in [2.05, 4.69) is 27.4 Å². The number of amides is 1. The molecule has 1 N–H and O–H groups in total. The van der Waals surface area contributed by atoms with E-state index in [1.807, 2.05) is 0 Å². The Hall–Kier alpha value is -2.81.